The third-order valence-corrected chi connectivity index (χ3v) is 5.06. The standard InChI is InChI=1S/C25H25F3N4O3/c1-4-35-24(34)32(31(2)3)20-12-7-17(8-13-20)23(33)30-22-15-18(9-14-21(22)29)16-5-10-19(11-6-16)25(26,27)28/h5-15H,4,29H2,1-3H3,(H,30,33). The van der Waals surface area contributed by atoms with Crippen molar-refractivity contribution >= 4 is 29.1 Å². The molecule has 0 spiro atoms. The van der Waals surface area contributed by atoms with Gasteiger partial charge in [0.05, 0.1) is 29.2 Å². The predicted octanol–water partition coefficient (Wildman–Crippen LogP) is 5.65. The van der Waals surface area contributed by atoms with Crippen LogP contribution in [0, 0.1) is 0 Å². The first-order valence-electron chi connectivity index (χ1n) is 10.6. The monoisotopic (exact) mass is 486 g/mol. The molecular formula is C25H25F3N4O3. The largest absolute Gasteiger partial charge is 0.448 e. The van der Waals surface area contributed by atoms with Crippen LogP contribution in [0.3, 0.4) is 0 Å². The molecule has 0 aromatic heterocycles. The number of hydrazine groups is 1. The Balaban J connectivity index is 1.79. The van der Waals surface area contributed by atoms with Crippen molar-refractivity contribution in [3.63, 3.8) is 0 Å². The summed E-state index contributed by atoms with van der Waals surface area (Å²) in [4.78, 5) is 25.0. The molecule has 0 aliphatic carbocycles. The molecule has 0 saturated carbocycles. The summed E-state index contributed by atoms with van der Waals surface area (Å²) >= 11 is 0. The highest BCUT2D eigenvalue weighted by Crippen LogP contribution is 2.32. The van der Waals surface area contributed by atoms with E-state index in [1.807, 2.05) is 0 Å². The number of nitrogens with zero attached hydrogens (tertiary/aromatic N) is 2. The predicted molar refractivity (Wildman–Crippen MR) is 129 cm³/mol. The number of hydrogen-bond acceptors (Lipinski definition) is 5. The van der Waals surface area contributed by atoms with Gasteiger partial charge >= 0.3 is 12.3 Å². The van der Waals surface area contributed by atoms with Crippen LogP contribution in [0.4, 0.5) is 35.0 Å². The minimum Gasteiger partial charge on any atom is -0.448 e. The molecule has 0 bridgehead atoms. The Morgan fingerprint density at radius 1 is 0.943 bits per heavy atom. The molecule has 0 heterocycles. The first-order valence-corrected chi connectivity index (χ1v) is 10.6. The second kappa shape index (κ2) is 10.5. The van der Waals surface area contributed by atoms with Gasteiger partial charge in [0, 0.05) is 19.7 Å². The van der Waals surface area contributed by atoms with Crippen molar-refractivity contribution in [2.75, 3.05) is 36.8 Å². The van der Waals surface area contributed by atoms with E-state index in [1.54, 1.807) is 68.5 Å². The van der Waals surface area contributed by atoms with E-state index in [-0.39, 0.29) is 6.61 Å². The summed E-state index contributed by atoms with van der Waals surface area (Å²) in [6.45, 7) is 1.92. The fourth-order valence-corrected chi connectivity index (χ4v) is 3.33. The quantitative estimate of drug-likeness (QED) is 0.348. The van der Waals surface area contributed by atoms with E-state index in [4.69, 9.17) is 10.5 Å². The number of benzene rings is 3. The van der Waals surface area contributed by atoms with Crippen molar-refractivity contribution in [2.24, 2.45) is 0 Å². The Kier molecular flexibility index (Phi) is 7.65. The van der Waals surface area contributed by atoms with E-state index in [9.17, 15) is 22.8 Å². The summed E-state index contributed by atoms with van der Waals surface area (Å²) in [6, 6.07) is 15.9. The van der Waals surface area contributed by atoms with Crippen molar-refractivity contribution in [1.82, 2.24) is 5.01 Å². The van der Waals surface area contributed by atoms with E-state index in [1.165, 1.54) is 17.1 Å². The molecule has 0 aliphatic rings. The highest BCUT2D eigenvalue weighted by molar-refractivity contribution is 6.06. The topological polar surface area (TPSA) is 87.9 Å². The van der Waals surface area contributed by atoms with E-state index in [0.717, 1.165) is 12.1 Å². The maximum Gasteiger partial charge on any atom is 0.429 e. The van der Waals surface area contributed by atoms with Gasteiger partial charge in [-0.05, 0) is 66.6 Å². The summed E-state index contributed by atoms with van der Waals surface area (Å²) < 4.78 is 43.6. The zero-order valence-corrected chi connectivity index (χ0v) is 19.4. The van der Waals surface area contributed by atoms with Gasteiger partial charge in [0.2, 0.25) is 0 Å². The molecule has 0 aliphatic heterocycles. The second-order valence-electron chi connectivity index (χ2n) is 7.74. The SMILES string of the molecule is CCOC(=O)N(c1ccc(C(=O)Nc2cc(-c3ccc(C(F)(F)F)cc3)ccc2N)cc1)N(C)C. The maximum atomic E-state index is 12.8. The molecule has 0 unspecified atom stereocenters. The number of nitrogen functional groups attached to an aromatic ring is 1. The lowest BCUT2D eigenvalue weighted by molar-refractivity contribution is -0.137. The molecule has 0 fully saturated rings. The molecule has 3 aromatic carbocycles. The first-order chi connectivity index (χ1) is 16.5. The van der Waals surface area contributed by atoms with E-state index in [0.29, 0.717) is 33.8 Å². The Morgan fingerprint density at radius 2 is 1.54 bits per heavy atom. The van der Waals surface area contributed by atoms with Gasteiger partial charge in [-0.25, -0.2) is 14.8 Å². The number of alkyl halides is 3. The van der Waals surface area contributed by atoms with Crippen LogP contribution in [0.15, 0.2) is 66.7 Å². The molecule has 35 heavy (non-hydrogen) atoms. The number of carbonyl (C=O) groups is 2. The fourth-order valence-electron chi connectivity index (χ4n) is 3.33. The lowest BCUT2D eigenvalue weighted by atomic mass is 10.0. The molecule has 10 heteroatoms. The molecule has 3 aromatic rings. The van der Waals surface area contributed by atoms with E-state index < -0.39 is 23.7 Å². The number of carbonyl (C=O) groups excluding carboxylic acids is 2. The summed E-state index contributed by atoms with van der Waals surface area (Å²) in [7, 11) is 3.37. The second-order valence-corrected chi connectivity index (χ2v) is 7.74. The molecule has 0 atom stereocenters. The van der Waals surface area contributed by atoms with Crippen molar-refractivity contribution in [1.29, 1.82) is 0 Å². The normalized spacial score (nSPS) is 11.3. The molecule has 0 radical (unpaired) electrons. The van der Waals surface area contributed by atoms with Crippen LogP contribution < -0.4 is 16.1 Å². The number of hydrogen-bond donors (Lipinski definition) is 2. The van der Waals surface area contributed by atoms with Crippen LogP contribution in [-0.4, -0.2) is 37.7 Å². The van der Waals surface area contributed by atoms with Gasteiger partial charge in [-0.2, -0.15) is 13.2 Å². The highest BCUT2D eigenvalue weighted by Gasteiger charge is 2.30. The average molecular weight is 486 g/mol. The maximum absolute atomic E-state index is 12.8. The van der Waals surface area contributed by atoms with Gasteiger partial charge in [-0.3, -0.25) is 4.79 Å². The van der Waals surface area contributed by atoms with Gasteiger partial charge in [0.1, 0.15) is 0 Å². The Hall–Kier alpha value is -4.05. The number of halogens is 3. The minimum absolute atomic E-state index is 0.219. The van der Waals surface area contributed by atoms with Crippen molar-refractivity contribution < 1.29 is 27.5 Å². The zero-order valence-electron chi connectivity index (χ0n) is 19.4. The van der Waals surface area contributed by atoms with Crippen LogP contribution in [0.25, 0.3) is 11.1 Å². The Labute approximate surface area is 200 Å². The molecule has 3 rings (SSSR count). The van der Waals surface area contributed by atoms with Crippen LogP contribution in [-0.2, 0) is 10.9 Å². The summed E-state index contributed by atoms with van der Waals surface area (Å²) in [5, 5.41) is 5.60. The molecule has 3 N–H and O–H groups in total. The minimum atomic E-state index is -4.42. The van der Waals surface area contributed by atoms with Crippen LogP contribution in [0.1, 0.15) is 22.8 Å². The van der Waals surface area contributed by atoms with Crippen molar-refractivity contribution in [2.45, 2.75) is 13.1 Å². The molecular weight excluding hydrogens is 461 g/mol. The highest BCUT2D eigenvalue weighted by atomic mass is 19.4. The summed E-state index contributed by atoms with van der Waals surface area (Å²) in [6.07, 6.45) is -4.98. The van der Waals surface area contributed by atoms with Crippen LogP contribution >= 0.6 is 0 Å². The number of nitrogens with one attached hydrogen (secondary N) is 1. The number of nitrogens with two attached hydrogens (primary N) is 1. The van der Waals surface area contributed by atoms with E-state index in [2.05, 4.69) is 5.32 Å². The van der Waals surface area contributed by atoms with Crippen molar-refractivity contribution in [3.8, 4) is 11.1 Å². The third-order valence-electron chi connectivity index (χ3n) is 5.06. The number of ether oxygens (including phenoxy) is 1. The molecule has 184 valence electrons. The summed E-state index contributed by atoms with van der Waals surface area (Å²) in [5.41, 5.74) is 7.83. The Morgan fingerprint density at radius 3 is 2.09 bits per heavy atom. The number of rotatable bonds is 6. The van der Waals surface area contributed by atoms with E-state index >= 15 is 0 Å². The first kappa shape index (κ1) is 25.6. The molecule has 0 saturated heterocycles. The van der Waals surface area contributed by atoms with Gasteiger partial charge in [0.25, 0.3) is 5.91 Å². The van der Waals surface area contributed by atoms with Gasteiger partial charge < -0.3 is 15.8 Å². The van der Waals surface area contributed by atoms with Gasteiger partial charge in [0.15, 0.2) is 0 Å². The van der Waals surface area contributed by atoms with Crippen molar-refractivity contribution in [3.05, 3.63) is 77.9 Å². The lowest BCUT2D eigenvalue weighted by Crippen LogP contribution is -2.42. The fraction of sp³-hybridized carbons (Fsp3) is 0.200. The average Bonchev–Trinajstić information content (AvgIpc) is 2.80. The zero-order chi connectivity index (χ0) is 25.8. The van der Waals surface area contributed by atoms with Crippen LogP contribution in [0.5, 0.6) is 0 Å². The summed E-state index contributed by atoms with van der Waals surface area (Å²) in [5.74, 6) is -0.444. The number of amides is 2. The smallest absolute Gasteiger partial charge is 0.429 e. The van der Waals surface area contributed by atoms with Crippen LogP contribution in [0.2, 0.25) is 0 Å². The van der Waals surface area contributed by atoms with Gasteiger partial charge in [-0.1, -0.05) is 18.2 Å². The molecule has 7 nitrogen and oxygen atoms in total. The van der Waals surface area contributed by atoms with Gasteiger partial charge in [-0.15, -0.1) is 0 Å². The third kappa shape index (κ3) is 6.10. The molecule has 2 amide bonds. The Bertz CT molecular complexity index is 1190. The lowest BCUT2D eigenvalue weighted by Gasteiger charge is -2.27. The number of anilines is 3.